The largest absolute Gasteiger partial charge is 0.478 e. The summed E-state index contributed by atoms with van der Waals surface area (Å²) < 4.78 is 5.72. The minimum atomic E-state index is -0.918. The van der Waals surface area contributed by atoms with Crippen molar-refractivity contribution in [1.82, 2.24) is 10.2 Å². The molecule has 4 nitrogen and oxygen atoms in total. The summed E-state index contributed by atoms with van der Waals surface area (Å²) in [5, 5.41) is 3.53. The summed E-state index contributed by atoms with van der Waals surface area (Å²) in [6.45, 7) is 7.97. The van der Waals surface area contributed by atoms with Crippen molar-refractivity contribution in [2.45, 2.75) is 26.4 Å². The Labute approximate surface area is 126 Å². The van der Waals surface area contributed by atoms with E-state index in [-0.39, 0.29) is 5.91 Å². The molecule has 0 aromatic heterocycles. The summed E-state index contributed by atoms with van der Waals surface area (Å²) in [7, 11) is 2.02. The number of hydrogen-bond donors (Lipinski definition) is 1. The van der Waals surface area contributed by atoms with Gasteiger partial charge in [-0.05, 0) is 51.7 Å². The van der Waals surface area contributed by atoms with Crippen molar-refractivity contribution in [2.75, 3.05) is 26.7 Å². The second-order valence-corrected chi connectivity index (χ2v) is 5.65. The van der Waals surface area contributed by atoms with E-state index in [0.29, 0.717) is 17.3 Å². The molecule has 0 atom stereocenters. The Morgan fingerprint density at radius 1 is 1.35 bits per heavy atom. The Bertz CT molecular complexity index is 432. The van der Waals surface area contributed by atoms with E-state index in [1.54, 1.807) is 38.1 Å². The van der Waals surface area contributed by atoms with Crippen LogP contribution in [0.3, 0.4) is 0 Å². The number of likely N-dealkylation sites (N-methyl/N-ethyl adjacent to an activating group) is 1. The van der Waals surface area contributed by atoms with Gasteiger partial charge in [-0.25, -0.2) is 0 Å². The Hall–Kier alpha value is -1.26. The van der Waals surface area contributed by atoms with Gasteiger partial charge in [-0.2, -0.15) is 0 Å². The number of nitrogens with zero attached hydrogens (tertiary/aromatic N) is 1. The lowest BCUT2D eigenvalue weighted by Crippen LogP contribution is -2.48. The maximum atomic E-state index is 12.1. The lowest BCUT2D eigenvalue weighted by molar-refractivity contribution is -0.134. The molecule has 1 N–H and O–H groups in total. The number of hydrogen-bond acceptors (Lipinski definition) is 3. The first-order chi connectivity index (χ1) is 9.35. The molecule has 1 aromatic rings. The van der Waals surface area contributed by atoms with Crippen LogP contribution in [0, 0.1) is 0 Å². The standard InChI is InChI=1S/C15H23ClN2O2/c1-5-18(4)11-10-17-14(19)15(2,3)20-13-8-6-12(16)7-9-13/h6-9H,5,10-11H2,1-4H3,(H,17,19). The van der Waals surface area contributed by atoms with Crippen molar-refractivity contribution < 1.29 is 9.53 Å². The summed E-state index contributed by atoms with van der Waals surface area (Å²) >= 11 is 5.82. The molecular formula is C15H23ClN2O2. The number of rotatable bonds is 7. The van der Waals surface area contributed by atoms with Crippen molar-refractivity contribution in [3.8, 4) is 5.75 Å². The monoisotopic (exact) mass is 298 g/mol. The van der Waals surface area contributed by atoms with Gasteiger partial charge in [-0.3, -0.25) is 4.79 Å². The van der Waals surface area contributed by atoms with Gasteiger partial charge < -0.3 is 15.0 Å². The smallest absolute Gasteiger partial charge is 0.263 e. The molecule has 0 radical (unpaired) electrons. The number of carbonyl (C=O) groups excluding carboxylic acids is 1. The summed E-state index contributed by atoms with van der Waals surface area (Å²) in [5.74, 6) is 0.497. The lowest BCUT2D eigenvalue weighted by atomic mass is 10.1. The Morgan fingerprint density at radius 2 is 1.95 bits per heavy atom. The van der Waals surface area contributed by atoms with Crippen LogP contribution in [0.2, 0.25) is 5.02 Å². The molecule has 0 bridgehead atoms. The molecule has 0 spiro atoms. The molecule has 5 heteroatoms. The van der Waals surface area contributed by atoms with E-state index in [1.807, 2.05) is 7.05 Å². The third-order valence-electron chi connectivity index (χ3n) is 3.05. The van der Waals surface area contributed by atoms with Gasteiger partial charge in [-0.1, -0.05) is 18.5 Å². The molecule has 0 fully saturated rings. The number of carbonyl (C=O) groups is 1. The van der Waals surface area contributed by atoms with Crippen LogP contribution in [0.1, 0.15) is 20.8 Å². The highest BCUT2D eigenvalue weighted by molar-refractivity contribution is 6.30. The van der Waals surface area contributed by atoms with Crippen LogP contribution in [-0.4, -0.2) is 43.1 Å². The normalized spacial score (nSPS) is 11.5. The molecule has 0 aliphatic heterocycles. The van der Waals surface area contributed by atoms with E-state index >= 15 is 0 Å². The van der Waals surface area contributed by atoms with Gasteiger partial charge in [0.15, 0.2) is 5.60 Å². The van der Waals surface area contributed by atoms with Gasteiger partial charge in [0.1, 0.15) is 5.75 Å². The van der Waals surface area contributed by atoms with E-state index in [0.717, 1.165) is 13.1 Å². The fourth-order valence-corrected chi connectivity index (χ4v) is 1.70. The predicted molar refractivity (Wildman–Crippen MR) is 82.3 cm³/mol. The van der Waals surface area contributed by atoms with Crippen molar-refractivity contribution in [1.29, 1.82) is 0 Å². The van der Waals surface area contributed by atoms with Crippen molar-refractivity contribution in [3.63, 3.8) is 0 Å². The molecule has 1 aromatic carbocycles. The highest BCUT2D eigenvalue weighted by atomic mass is 35.5. The van der Waals surface area contributed by atoms with E-state index in [4.69, 9.17) is 16.3 Å². The summed E-state index contributed by atoms with van der Waals surface area (Å²) in [6, 6.07) is 6.98. The van der Waals surface area contributed by atoms with Crippen LogP contribution < -0.4 is 10.1 Å². The highest BCUT2D eigenvalue weighted by Crippen LogP contribution is 2.20. The number of amides is 1. The average Bonchev–Trinajstić information content (AvgIpc) is 2.40. The topological polar surface area (TPSA) is 41.6 Å². The van der Waals surface area contributed by atoms with Crippen molar-refractivity contribution in [3.05, 3.63) is 29.3 Å². The summed E-state index contributed by atoms with van der Waals surface area (Å²) in [6.07, 6.45) is 0. The molecule has 0 saturated heterocycles. The number of halogens is 1. The third-order valence-corrected chi connectivity index (χ3v) is 3.30. The van der Waals surface area contributed by atoms with Crippen LogP contribution in [-0.2, 0) is 4.79 Å². The van der Waals surface area contributed by atoms with Crippen molar-refractivity contribution in [2.24, 2.45) is 0 Å². The molecule has 0 aliphatic carbocycles. The van der Waals surface area contributed by atoms with Gasteiger partial charge in [-0.15, -0.1) is 0 Å². The fraction of sp³-hybridized carbons (Fsp3) is 0.533. The van der Waals surface area contributed by atoms with E-state index in [9.17, 15) is 4.79 Å². The lowest BCUT2D eigenvalue weighted by Gasteiger charge is -2.26. The minimum Gasteiger partial charge on any atom is -0.478 e. The van der Waals surface area contributed by atoms with E-state index in [1.165, 1.54) is 0 Å². The minimum absolute atomic E-state index is 0.128. The van der Waals surface area contributed by atoms with Crippen LogP contribution in [0.5, 0.6) is 5.75 Å². The zero-order valence-corrected chi connectivity index (χ0v) is 13.3. The molecule has 20 heavy (non-hydrogen) atoms. The molecule has 112 valence electrons. The summed E-state index contributed by atoms with van der Waals surface area (Å²) in [4.78, 5) is 14.3. The molecule has 0 saturated carbocycles. The van der Waals surface area contributed by atoms with Gasteiger partial charge in [0.05, 0.1) is 0 Å². The van der Waals surface area contributed by atoms with E-state index in [2.05, 4.69) is 17.1 Å². The van der Waals surface area contributed by atoms with Crippen LogP contribution in [0.15, 0.2) is 24.3 Å². The highest BCUT2D eigenvalue weighted by Gasteiger charge is 2.29. The molecule has 1 rings (SSSR count). The first-order valence-corrected chi connectivity index (χ1v) is 7.14. The number of benzene rings is 1. The second-order valence-electron chi connectivity index (χ2n) is 5.22. The van der Waals surface area contributed by atoms with Gasteiger partial charge in [0.25, 0.3) is 5.91 Å². The van der Waals surface area contributed by atoms with Crippen LogP contribution in [0.25, 0.3) is 0 Å². The molecule has 0 heterocycles. The number of ether oxygens (including phenoxy) is 1. The first-order valence-electron chi connectivity index (χ1n) is 6.76. The molecule has 0 aliphatic rings. The predicted octanol–water partition coefficient (Wildman–Crippen LogP) is 2.57. The van der Waals surface area contributed by atoms with Crippen LogP contribution >= 0.6 is 11.6 Å². The van der Waals surface area contributed by atoms with Gasteiger partial charge >= 0.3 is 0 Å². The molecular weight excluding hydrogens is 276 g/mol. The van der Waals surface area contributed by atoms with Crippen molar-refractivity contribution >= 4 is 17.5 Å². The van der Waals surface area contributed by atoms with E-state index < -0.39 is 5.60 Å². The maximum Gasteiger partial charge on any atom is 0.263 e. The Morgan fingerprint density at radius 3 is 2.50 bits per heavy atom. The zero-order valence-electron chi connectivity index (χ0n) is 12.6. The van der Waals surface area contributed by atoms with Gasteiger partial charge in [0.2, 0.25) is 0 Å². The average molecular weight is 299 g/mol. The van der Waals surface area contributed by atoms with Gasteiger partial charge in [0, 0.05) is 18.1 Å². The SMILES string of the molecule is CCN(C)CCNC(=O)C(C)(C)Oc1ccc(Cl)cc1. The zero-order chi connectivity index (χ0) is 15.2. The molecule has 0 unspecified atom stereocenters. The summed E-state index contributed by atoms with van der Waals surface area (Å²) in [5.41, 5.74) is -0.918. The maximum absolute atomic E-state index is 12.1. The second kappa shape index (κ2) is 7.50. The fourth-order valence-electron chi connectivity index (χ4n) is 1.57. The first kappa shape index (κ1) is 16.8. The third kappa shape index (κ3) is 5.39. The quantitative estimate of drug-likeness (QED) is 0.841. The Balaban J connectivity index is 2.50. The number of nitrogens with one attached hydrogen (secondary N) is 1. The molecule has 1 amide bonds. The Kier molecular flexibility index (Phi) is 6.30. The van der Waals surface area contributed by atoms with Crippen LogP contribution in [0.4, 0.5) is 0 Å².